The van der Waals surface area contributed by atoms with Crippen molar-refractivity contribution in [3.63, 3.8) is 0 Å². The van der Waals surface area contributed by atoms with Crippen LogP contribution in [0.2, 0.25) is 10.0 Å². The molecule has 0 amide bonds. The molecule has 0 spiro atoms. The summed E-state index contributed by atoms with van der Waals surface area (Å²) >= 11 is 11.6. The quantitative estimate of drug-likeness (QED) is 0.665. The topological polar surface area (TPSA) is 38.3 Å². The Morgan fingerprint density at radius 3 is 2.58 bits per heavy atom. The van der Waals surface area contributed by atoms with Gasteiger partial charge < -0.3 is 4.74 Å². The van der Waals surface area contributed by atoms with Crippen LogP contribution in [0.5, 0.6) is 0 Å². The summed E-state index contributed by atoms with van der Waals surface area (Å²) in [6.45, 7) is 5.51. The summed E-state index contributed by atoms with van der Waals surface area (Å²) in [5, 5.41) is 3.32. The standard InChI is InChI=1S/C13H16Cl2FNO2/c1-4-19-13(18)8(3)17-7(2)9-5-12(16)11(15)6-10(9)14/h5-8,17H,4H2,1-3H3. The van der Waals surface area contributed by atoms with E-state index in [2.05, 4.69) is 5.32 Å². The molecule has 106 valence electrons. The van der Waals surface area contributed by atoms with Gasteiger partial charge in [-0.2, -0.15) is 0 Å². The van der Waals surface area contributed by atoms with E-state index in [-0.39, 0.29) is 17.0 Å². The van der Waals surface area contributed by atoms with Crippen molar-refractivity contribution in [1.82, 2.24) is 5.32 Å². The summed E-state index contributed by atoms with van der Waals surface area (Å²) in [6, 6.07) is 1.80. The van der Waals surface area contributed by atoms with E-state index in [4.69, 9.17) is 27.9 Å². The van der Waals surface area contributed by atoms with Gasteiger partial charge >= 0.3 is 5.97 Å². The third-order valence-corrected chi connectivity index (χ3v) is 3.26. The molecule has 1 aromatic rings. The van der Waals surface area contributed by atoms with Gasteiger partial charge in [-0.25, -0.2) is 4.39 Å². The van der Waals surface area contributed by atoms with Gasteiger partial charge in [-0.05, 0) is 38.5 Å². The van der Waals surface area contributed by atoms with E-state index in [1.807, 2.05) is 0 Å². The second-order valence-electron chi connectivity index (χ2n) is 4.15. The Hall–Kier alpha value is -0.840. The highest BCUT2D eigenvalue weighted by molar-refractivity contribution is 6.35. The van der Waals surface area contributed by atoms with E-state index in [1.54, 1.807) is 20.8 Å². The van der Waals surface area contributed by atoms with Crippen molar-refractivity contribution in [1.29, 1.82) is 0 Å². The Balaban J connectivity index is 2.81. The largest absolute Gasteiger partial charge is 0.465 e. The third kappa shape index (κ3) is 4.34. The van der Waals surface area contributed by atoms with E-state index >= 15 is 0 Å². The van der Waals surface area contributed by atoms with Gasteiger partial charge in [0, 0.05) is 11.1 Å². The first kappa shape index (κ1) is 16.2. The smallest absolute Gasteiger partial charge is 0.322 e. The minimum atomic E-state index is -0.543. The molecule has 0 aliphatic rings. The lowest BCUT2D eigenvalue weighted by Crippen LogP contribution is -2.37. The molecule has 0 heterocycles. The Kier molecular flexibility index (Phi) is 6.04. The van der Waals surface area contributed by atoms with Crippen LogP contribution >= 0.6 is 23.2 Å². The summed E-state index contributed by atoms with van der Waals surface area (Å²) in [5.74, 6) is -0.904. The normalized spacial score (nSPS) is 14.0. The zero-order chi connectivity index (χ0) is 14.6. The van der Waals surface area contributed by atoms with Crippen LogP contribution in [0.25, 0.3) is 0 Å². The Bertz CT molecular complexity index is 468. The van der Waals surface area contributed by atoms with Crippen LogP contribution in [-0.4, -0.2) is 18.6 Å². The van der Waals surface area contributed by atoms with E-state index in [9.17, 15) is 9.18 Å². The maximum atomic E-state index is 13.4. The molecule has 19 heavy (non-hydrogen) atoms. The number of esters is 1. The zero-order valence-electron chi connectivity index (χ0n) is 11.0. The third-order valence-electron chi connectivity index (χ3n) is 2.65. The fraction of sp³-hybridized carbons (Fsp3) is 0.462. The summed E-state index contributed by atoms with van der Waals surface area (Å²) < 4.78 is 18.3. The Morgan fingerprint density at radius 2 is 2.00 bits per heavy atom. The lowest BCUT2D eigenvalue weighted by molar-refractivity contribution is -0.145. The minimum Gasteiger partial charge on any atom is -0.465 e. The first-order valence-corrected chi connectivity index (χ1v) is 6.69. The van der Waals surface area contributed by atoms with Gasteiger partial charge in [0.25, 0.3) is 0 Å². The molecule has 0 aromatic heterocycles. The van der Waals surface area contributed by atoms with Crippen molar-refractivity contribution in [3.05, 3.63) is 33.6 Å². The van der Waals surface area contributed by atoms with Crippen LogP contribution in [-0.2, 0) is 9.53 Å². The van der Waals surface area contributed by atoms with E-state index in [0.29, 0.717) is 17.2 Å². The predicted molar refractivity (Wildman–Crippen MR) is 74.1 cm³/mol. The van der Waals surface area contributed by atoms with Crippen molar-refractivity contribution >= 4 is 29.2 Å². The van der Waals surface area contributed by atoms with Gasteiger partial charge in [0.1, 0.15) is 11.9 Å². The van der Waals surface area contributed by atoms with Crippen LogP contribution in [0.4, 0.5) is 4.39 Å². The molecule has 0 bridgehead atoms. The van der Waals surface area contributed by atoms with Crippen LogP contribution in [0.15, 0.2) is 12.1 Å². The highest BCUT2D eigenvalue weighted by Gasteiger charge is 2.19. The Labute approximate surface area is 122 Å². The van der Waals surface area contributed by atoms with Crippen molar-refractivity contribution in [2.24, 2.45) is 0 Å². The molecule has 0 radical (unpaired) electrons. The lowest BCUT2D eigenvalue weighted by Gasteiger charge is -2.20. The molecule has 0 aliphatic heterocycles. The maximum absolute atomic E-state index is 13.4. The summed E-state index contributed by atoms with van der Waals surface area (Å²) in [6.07, 6.45) is 0. The summed E-state index contributed by atoms with van der Waals surface area (Å²) in [7, 11) is 0. The number of hydrogen-bond donors (Lipinski definition) is 1. The van der Waals surface area contributed by atoms with Crippen LogP contribution < -0.4 is 5.32 Å². The van der Waals surface area contributed by atoms with Crippen LogP contribution in [0.1, 0.15) is 32.4 Å². The molecule has 3 nitrogen and oxygen atoms in total. The van der Waals surface area contributed by atoms with Gasteiger partial charge in [-0.1, -0.05) is 23.2 Å². The molecule has 0 saturated carbocycles. The number of nitrogens with one attached hydrogen (secondary N) is 1. The molecule has 2 atom stereocenters. The van der Waals surface area contributed by atoms with Crippen molar-refractivity contribution in [2.75, 3.05) is 6.61 Å². The highest BCUT2D eigenvalue weighted by atomic mass is 35.5. The molecule has 1 aromatic carbocycles. The van der Waals surface area contributed by atoms with Crippen LogP contribution in [0.3, 0.4) is 0 Å². The summed E-state index contributed by atoms with van der Waals surface area (Å²) in [5.41, 5.74) is 0.541. The number of halogens is 3. The molecule has 2 unspecified atom stereocenters. The average molecular weight is 308 g/mol. The molecular formula is C13H16Cl2FNO2. The van der Waals surface area contributed by atoms with Crippen molar-refractivity contribution in [2.45, 2.75) is 32.9 Å². The average Bonchev–Trinajstić information content (AvgIpc) is 2.33. The number of rotatable bonds is 5. The summed E-state index contributed by atoms with van der Waals surface area (Å²) in [4.78, 5) is 11.5. The zero-order valence-corrected chi connectivity index (χ0v) is 12.5. The van der Waals surface area contributed by atoms with E-state index in [0.717, 1.165) is 0 Å². The predicted octanol–water partition coefficient (Wildman–Crippen LogP) is 3.73. The second kappa shape index (κ2) is 7.08. The van der Waals surface area contributed by atoms with E-state index in [1.165, 1.54) is 12.1 Å². The van der Waals surface area contributed by atoms with Gasteiger partial charge in [-0.15, -0.1) is 0 Å². The molecule has 0 aliphatic carbocycles. The number of ether oxygens (including phenoxy) is 1. The fourth-order valence-electron chi connectivity index (χ4n) is 1.67. The van der Waals surface area contributed by atoms with Crippen LogP contribution in [0, 0.1) is 5.82 Å². The SMILES string of the molecule is CCOC(=O)C(C)NC(C)c1cc(F)c(Cl)cc1Cl. The molecular weight excluding hydrogens is 292 g/mol. The molecule has 6 heteroatoms. The van der Waals surface area contributed by atoms with Gasteiger partial charge in [0.15, 0.2) is 0 Å². The van der Waals surface area contributed by atoms with Crippen molar-refractivity contribution < 1.29 is 13.9 Å². The first-order chi connectivity index (χ1) is 8.86. The van der Waals surface area contributed by atoms with Crippen molar-refractivity contribution in [3.8, 4) is 0 Å². The van der Waals surface area contributed by atoms with Gasteiger partial charge in [-0.3, -0.25) is 10.1 Å². The maximum Gasteiger partial charge on any atom is 0.322 e. The number of benzene rings is 1. The molecule has 0 saturated heterocycles. The van der Waals surface area contributed by atoms with E-state index < -0.39 is 11.9 Å². The second-order valence-corrected chi connectivity index (χ2v) is 4.96. The number of carbonyl (C=O) groups is 1. The molecule has 0 fully saturated rings. The van der Waals surface area contributed by atoms with Gasteiger partial charge in [0.2, 0.25) is 0 Å². The highest BCUT2D eigenvalue weighted by Crippen LogP contribution is 2.28. The minimum absolute atomic E-state index is 0.0283. The number of carbonyl (C=O) groups excluding carboxylic acids is 1. The molecule has 1 rings (SSSR count). The monoisotopic (exact) mass is 307 g/mol. The van der Waals surface area contributed by atoms with Gasteiger partial charge in [0.05, 0.1) is 11.6 Å². The first-order valence-electron chi connectivity index (χ1n) is 5.94. The number of hydrogen-bond acceptors (Lipinski definition) is 3. The lowest BCUT2D eigenvalue weighted by atomic mass is 10.1. The molecule has 1 N–H and O–H groups in total. The fourth-order valence-corrected chi connectivity index (χ4v) is 2.22. The Morgan fingerprint density at radius 1 is 1.37 bits per heavy atom.